The van der Waals surface area contributed by atoms with E-state index in [1.54, 1.807) is 35.0 Å². The first kappa shape index (κ1) is 24.5. The highest BCUT2D eigenvalue weighted by Gasteiger charge is 2.31. The molecule has 2 atom stereocenters. The molecule has 0 radical (unpaired) electrons. The second-order valence-corrected chi connectivity index (χ2v) is 8.09. The van der Waals surface area contributed by atoms with E-state index in [0.717, 1.165) is 16.5 Å². The van der Waals surface area contributed by atoms with Crippen LogP contribution >= 0.6 is 0 Å². The number of amides is 1. The molecule has 1 aliphatic rings. The minimum atomic E-state index is -0.743. The Balaban J connectivity index is 1.63. The number of benzene rings is 2. The molecule has 0 aliphatic carbocycles. The number of carbonyl (C=O) groups excluding carboxylic acids is 2. The van der Waals surface area contributed by atoms with Gasteiger partial charge < -0.3 is 29.7 Å². The molecule has 1 aliphatic heterocycles. The number of aromatic hydroxyl groups is 1. The predicted molar refractivity (Wildman–Crippen MR) is 129 cm³/mol. The Morgan fingerprint density at radius 3 is 2.66 bits per heavy atom. The molecule has 2 aromatic carbocycles. The molecular weight excluding hydrogens is 452 g/mol. The van der Waals surface area contributed by atoms with Crippen molar-refractivity contribution in [3.63, 3.8) is 0 Å². The van der Waals surface area contributed by atoms with Gasteiger partial charge in [-0.05, 0) is 29.8 Å². The van der Waals surface area contributed by atoms with E-state index in [-0.39, 0.29) is 55.4 Å². The molecule has 184 valence electrons. The van der Waals surface area contributed by atoms with Crippen LogP contribution in [0, 0.1) is 0 Å². The zero-order chi connectivity index (χ0) is 24.8. The molecule has 0 saturated carbocycles. The van der Waals surface area contributed by atoms with Gasteiger partial charge in [-0.15, -0.1) is 0 Å². The highest BCUT2D eigenvalue weighted by molar-refractivity contribution is 6.03. The quantitative estimate of drug-likeness (QED) is 0.317. The normalized spacial score (nSPS) is 17.6. The number of phenolic OH excluding ortho intramolecular Hbond substituents is 1. The first-order chi connectivity index (χ1) is 17.0. The molecule has 3 N–H and O–H groups in total. The van der Waals surface area contributed by atoms with Gasteiger partial charge in [-0.2, -0.15) is 0 Å². The summed E-state index contributed by atoms with van der Waals surface area (Å²) in [5, 5.41) is 22.5. The Labute approximate surface area is 202 Å². The molecule has 0 fully saturated rings. The molecule has 0 bridgehead atoms. The highest BCUT2D eigenvalue weighted by atomic mass is 16.7. The summed E-state index contributed by atoms with van der Waals surface area (Å²) in [6, 6.07) is 14.0. The topological polar surface area (TPSA) is 119 Å². The van der Waals surface area contributed by atoms with E-state index in [4.69, 9.17) is 19.3 Å². The van der Waals surface area contributed by atoms with Crippen LogP contribution < -0.4 is 5.32 Å². The van der Waals surface area contributed by atoms with Gasteiger partial charge in [0.1, 0.15) is 5.75 Å². The molecule has 0 spiro atoms. The summed E-state index contributed by atoms with van der Waals surface area (Å²) >= 11 is 0. The monoisotopic (exact) mass is 480 g/mol. The van der Waals surface area contributed by atoms with Gasteiger partial charge in [0.25, 0.3) is 5.91 Å². The van der Waals surface area contributed by atoms with Crippen molar-refractivity contribution in [1.29, 1.82) is 0 Å². The summed E-state index contributed by atoms with van der Waals surface area (Å²) in [5.41, 5.74) is 1.91. The molecule has 4 rings (SSSR count). The summed E-state index contributed by atoms with van der Waals surface area (Å²) in [5.74, 6) is -0.938. The van der Waals surface area contributed by atoms with Crippen LogP contribution in [0.4, 0.5) is 5.69 Å². The number of nitrogens with one attached hydrogen (secondary N) is 1. The SMILES string of the molecule is CC(=O)n1cc([C@@H]2C=C(C(=O)Nc3ccccc3O)O[C@H](OCCOCCO)C2)c2ccccc21. The highest BCUT2D eigenvalue weighted by Crippen LogP contribution is 2.37. The fraction of sp³-hybridized carbons (Fsp3) is 0.308. The van der Waals surface area contributed by atoms with E-state index in [0.29, 0.717) is 6.42 Å². The molecule has 1 amide bonds. The van der Waals surface area contributed by atoms with Crippen molar-refractivity contribution in [3.05, 3.63) is 72.1 Å². The maximum atomic E-state index is 13.1. The van der Waals surface area contributed by atoms with E-state index >= 15 is 0 Å². The van der Waals surface area contributed by atoms with Crippen LogP contribution in [-0.4, -0.2) is 59.3 Å². The lowest BCUT2D eigenvalue weighted by Crippen LogP contribution is -2.30. The average Bonchev–Trinajstić information content (AvgIpc) is 3.25. The van der Waals surface area contributed by atoms with Crippen LogP contribution in [0.2, 0.25) is 0 Å². The van der Waals surface area contributed by atoms with Gasteiger partial charge in [-0.3, -0.25) is 14.2 Å². The maximum Gasteiger partial charge on any atom is 0.290 e. The number of hydrogen-bond acceptors (Lipinski definition) is 7. The van der Waals surface area contributed by atoms with Crippen LogP contribution in [0.3, 0.4) is 0 Å². The number of fused-ring (bicyclic) bond motifs is 1. The second-order valence-electron chi connectivity index (χ2n) is 8.09. The number of aromatic nitrogens is 1. The molecule has 9 heteroatoms. The Hall–Kier alpha value is -3.66. The van der Waals surface area contributed by atoms with Gasteiger partial charge in [-0.25, -0.2) is 0 Å². The van der Waals surface area contributed by atoms with Crippen molar-refractivity contribution < 1.29 is 34.0 Å². The number of nitrogens with zero attached hydrogens (tertiary/aromatic N) is 1. The first-order valence-corrected chi connectivity index (χ1v) is 11.4. The van der Waals surface area contributed by atoms with Crippen molar-refractivity contribution in [2.75, 3.05) is 31.7 Å². The first-order valence-electron chi connectivity index (χ1n) is 11.4. The van der Waals surface area contributed by atoms with Crippen LogP contribution in [-0.2, 0) is 19.0 Å². The zero-order valence-electron chi connectivity index (χ0n) is 19.3. The number of ether oxygens (including phenoxy) is 3. The summed E-state index contributed by atoms with van der Waals surface area (Å²) < 4.78 is 18.5. The van der Waals surface area contributed by atoms with Gasteiger partial charge in [0, 0.05) is 30.8 Å². The second kappa shape index (κ2) is 11.2. The Bertz CT molecular complexity index is 1230. The summed E-state index contributed by atoms with van der Waals surface area (Å²) in [6.45, 7) is 2.09. The van der Waals surface area contributed by atoms with E-state index in [1.807, 2.05) is 24.3 Å². The van der Waals surface area contributed by atoms with Crippen molar-refractivity contribution in [2.45, 2.75) is 25.6 Å². The fourth-order valence-corrected chi connectivity index (χ4v) is 4.07. The molecule has 2 heterocycles. The van der Waals surface area contributed by atoms with Crippen LogP contribution in [0.25, 0.3) is 10.9 Å². The van der Waals surface area contributed by atoms with Crippen LogP contribution in [0.15, 0.2) is 66.6 Å². The van der Waals surface area contributed by atoms with Gasteiger partial charge in [0.2, 0.25) is 12.2 Å². The Morgan fingerprint density at radius 2 is 1.89 bits per heavy atom. The molecule has 3 aromatic rings. The lowest BCUT2D eigenvalue weighted by molar-refractivity contribution is -0.148. The molecule has 1 aromatic heterocycles. The lowest BCUT2D eigenvalue weighted by Gasteiger charge is -2.29. The number of hydrogen-bond donors (Lipinski definition) is 3. The predicted octanol–water partition coefficient (Wildman–Crippen LogP) is 3.39. The van der Waals surface area contributed by atoms with Crippen molar-refractivity contribution >= 4 is 28.4 Å². The molecule has 0 saturated heterocycles. The maximum absolute atomic E-state index is 13.1. The number of rotatable bonds is 9. The number of para-hydroxylation sites is 3. The van der Waals surface area contributed by atoms with E-state index in [9.17, 15) is 14.7 Å². The minimum Gasteiger partial charge on any atom is -0.506 e. The Morgan fingerprint density at radius 1 is 1.11 bits per heavy atom. The average molecular weight is 481 g/mol. The number of phenols is 1. The smallest absolute Gasteiger partial charge is 0.290 e. The molecule has 0 unspecified atom stereocenters. The number of aliphatic hydroxyl groups excluding tert-OH is 1. The van der Waals surface area contributed by atoms with E-state index in [2.05, 4.69) is 5.32 Å². The zero-order valence-corrected chi connectivity index (χ0v) is 19.3. The number of carbonyl (C=O) groups is 2. The van der Waals surface area contributed by atoms with E-state index < -0.39 is 12.2 Å². The summed E-state index contributed by atoms with van der Waals surface area (Å²) in [4.78, 5) is 25.3. The largest absolute Gasteiger partial charge is 0.506 e. The van der Waals surface area contributed by atoms with Crippen LogP contribution in [0.1, 0.15) is 29.6 Å². The van der Waals surface area contributed by atoms with Gasteiger partial charge >= 0.3 is 0 Å². The fourth-order valence-electron chi connectivity index (χ4n) is 4.07. The standard InChI is InChI=1S/C26H28N2O7/c1-17(30)28-16-20(19-6-2-4-8-22(19)28)18-14-24(26(32)27-21-7-3-5-9-23(21)31)35-25(15-18)34-13-12-33-11-10-29/h2-9,14,16,18,25,29,31H,10-13,15H2,1H3,(H,27,32)/t18-,25+/m1/s1. The summed E-state index contributed by atoms with van der Waals surface area (Å²) in [6.07, 6.45) is 3.18. The lowest BCUT2D eigenvalue weighted by atomic mass is 9.92. The molecule has 35 heavy (non-hydrogen) atoms. The third kappa shape index (κ3) is 5.71. The van der Waals surface area contributed by atoms with Crippen molar-refractivity contribution in [1.82, 2.24) is 4.57 Å². The molecular formula is C26H28N2O7. The van der Waals surface area contributed by atoms with Gasteiger partial charge in [-0.1, -0.05) is 30.3 Å². The summed E-state index contributed by atoms with van der Waals surface area (Å²) in [7, 11) is 0. The van der Waals surface area contributed by atoms with Crippen molar-refractivity contribution in [2.24, 2.45) is 0 Å². The van der Waals surface area contributed by atoms with Gasteiger partial charge in [0.05, 0.1) is 37.6 Å². The van der Waals surface area contributed by atoms with Crippen molar-refractivity contribution in [3.8, 4) is 5.75 Å². The minimum absolute atomic E-state index is 0.0467. The molecule has 9 nitrogen and oxygen atoms in total. The van der Waals surface area contributed by atoms with Gasteiger partial charge in [0.15, 0.2) is 5.76 Å². The number of allylic oxidation sites excluding steroid dienone is 1. The third-order valence-electron chi connectivity index (χ3n) is 5.68. The Kier molecular flexibility index (Phi) is 7.81. The number of anilines is 1. The van der Waals surface area contributed by atoms with E-state index in [1.165, 1.54) is 13.0 Å². The number of aliphatic hydroxyl groups is 1. The van der Waals surface area contributed by atoms with Crippen LogP contribution in [0.5, 0.6) is 5.75 Å². The third-order valence-corrected chi connectivity index (χ3v) is 5.68.